The largest absolute Gasteiger partial charge is 0.355 e. The first-order valence-corrected chi connectivity index (χ1v) is 12.2. The van der Waals surface area contributed by atoms with Crippen LogP contribution in [0.15, 0.2) is 48.8 Å². The van der Waals surface area contributed by atoms with Crippen LogP contribution in [0, 0.1) is 13.8 Å². The minimum Gasteiger partial charge on any atom is -0.355 e. The van der Waals surface area contributed by atoms with E-state index in [-0.39, 0.29) is 11.8 Å². The van der Waals surface area contributed by atoms with Crippen LogP contribution in [0.1, 0.15) is 37.1 Å². The molecule has 0 fully saturated rings. The van der Waals surface area contributed by atoms with Gasteiger partial charge in [0.25, 0.3) is 0 Å². The molecule has 0 unspecified atom stereocenters. The van der Waals surface area contributed by atoms with Crippen molar-refractivity contribution in [1.82, 2.24) is 10.6 Å². The van der Waals surface area contributed by atoms with E-state index in [1.807, 2.05) is 36.7 Å². The molecule has 2 N–H and O–H groups in total. The Balaban J connectivity index is 1.41. The lowest BCUT2D eigenvalue weighted by atomic mass is 10.2. The summed E-state index contributed by atoms with van der Waals surface area (Å²) >= 11 is 1.74. The van der Waals surface area contributed by atoms with Crippen LogP contribution in [0.4, 0.5) is 0 Å². The van der Waals surface area contributed by atoms with E-state index >= 15 is 0 Å². The molecule has 7 heteroatoms. The number of thioether (sulfide) groups is 1. The van der Waals surface area contributed by atoms with Gasteiger partial charge >= 0.3 is 0 Å². The van der Waals surface area contributed by atoms with Crippen LogP contribution < -0.4 is 19.8 Å². The average molecular weight is 445 g/mol. The van der Waals surface area contributed by atoms with Gasteiger partial charge in [-0.15, -0.1) is 0 Å². The fraction of sp³-hybridized carbons (Fsp3) is 0.500. The van der Waals surface area contributed by atoms with Crippen LogP contribution >= 0.6 is 11.8 Å². The zero-order valence-electron chi connectivity index (χ0n) is 18.8. The topological polar surface area (TPSA) is 66.0 Å². The zero-order chi connectivity index (χ0) is 22.3. The molecule has 31 heavy (non-hydrogen) atoms. The Morgan fingerprint density at radius 2 is 1.23 bits per heavy atom. The second-order valence-electron chi connectivity index (χ2n) is 7.59. The lowest BCUT2D eigenvalue weighted by molar-refractivity contribution is -0.703. The number of nitrogens with one attached hydrogen (secondary N) is 2. The van der Waals surface area contributed by atoms with Crippen molar-refractivity contribution in [2.24, 2.45) is 0 Å². The van der Waals surface area contributed by atoms with Crippen molar-refractivity contribution in [3.05, 3.63) is 60.2 Å². The monoisotopic (exact) mass is 444 g/mol. The fourth-order valence-electron chi connectivity index (χ4n) is 3.25. The molecule has 2 heterocycles. The van der Waals surface area contributed by atoms with Gasteiger partial charge in [0, 0.05) is 88.4 Å². The van der Waals surface area contributed by atoms with Gasteiger partial charge in [-0.05, 0) is 0 Å². The molecule has 2 rings (SSSR count). The SMILES string of the molecule is Cc1cccc[n+]1CCCC(=O)NCCSCCNC(=O)CCC[n+]1ccccc1C. The Morgan fingerprint density at radius 3 is 1.65 bits per heavy atom. The molecule has 2 amide bonds. The van der Waals surface area contributed by atoms with E-state index in [0.29, 0.717) is 25.9 Å². The maximum Gasteiger partial charge on any atom is 0.220 e. The minimum atomic E-state index is 0.106. The summed E-state index contributed by atoms with van der Waals surface area (Å²) in [4.78, 5) is 23.9. The Bertz CT molecular complexity index is 761. The van der Waals surface area contributed by atoms with Gasteiger partial charge in [-0.25, -0.2) is 9.13 Å². The van der Waals surface area contributed by atoms with Crippen LogP contribution in [0.3, 0.4) is 0 Å². The number of nitrogens with zero attached hydrogens (tertiary/aromatic N) is 2. The highest BCUT2D eigenvalue weighted by atomic mass is 32.2. The normalized spacial score (nSPS) is 10.6. The van der Waals surface area contributed by atoms with Gasteiger partial charge in [0.05, 0.1) is 0 Å². The summed E-state index contributed by atoms with van der Waals surface area (Å²) in [6, 6.07) is 12.2. The zero-order valence-corrected chi connectivity index (χ0v) is 19.6. The summed E-state index contributed by atoms with van der Waals surface area (Å²) in [5.41, 5.74) is 2.41. The third-order valence-electron chi connectivity index (χ3n) is 5.08. The smallest absolute Gasteiger partial charge is 0.220 e. The summed E-state index contributed by atoms with van der Waals surface area (Å²) in [6.45, 7) is 7.20. The van der Waals surface area contributed by atoms with Crippen LogP contribution in [-0.4, -0.2) is 36.4 Å². The van der Waals surface area contributed by atoms with E-state index in [1.165, 1.54) is 11.4 Å². The van der Waals surface area contributed by atoms with Crippen molar-refractivity contribution in [3.8, 4) is 0 Å². The average Bonchev–Trinajstić information content (AvgIpc) is 2.76. The van der Waals surface area contributed by atoms with Gasteiger partial charge in [-0.1, -0.05) is 12.1 Å². The van der Waals surface area contributed by atoms with Crippen molar-refractivity contribution in [2.45, 2.75) is 52.6 Å². The maximum atomic E-state index is 11.9. The van der Waals surface area contributed by atoms with Gasteiger partial charge in [0.1, 0.15) is 13.1 Å². The molecule has 0 saturated carbocycles. The molecule has 168 valence electrons. The molecule has 0 aliphatic carbocycles. The van der Waals surface area contributed by atoms with Crippen LogP contribution in [0.2, 0.25) is 0 Å². The molecular weight excluding hydrogens is 408 g/mol. The van der Waals surface area contributed by atoms with Crippen molar-refractivity contribution >= 4 is 23.6 Å². The Hall–Kier alpha value is -2.41. The highest BCUT2D eigenvalue weighted by Gasteiger charge is 2.08. The van der Waals surface area contributed by atoms with E-state index in [0.717, 1.165) is 37.4 Å². The molecule has 6 nitrogen and oxygen atoms in total. The number of rotatable bonds is 14. The van der Waals surface area contributed by atoms with Gasteiger partial charge in [0.2, 0.25) is 11.8 Å². The second kappa shape index (κ2) is 14.6. The molecule has 0 aliphatic heterocycles. The third kappa shape index (κ3) is 10.4. The minimum absolute atomic E-state index is 0.106. The predicted molar refractivity (Wildman–Crippen MR) is 125 cm³/mol. The van der Waals surface area contributed by atoms with Crippen molar-refractivity contribution < 1.29 is 18.7 Å². The number of hydrogen-bond donors (Lipinski definition) is 2. The standard InChI is InChI=1S/C24H34N4O2S/c1-21-9-3-5-15-27(21)17-7-11-23(29)25-13-19-31-20-14-26-24(30)12-8-18-28-16-6-4-10-22(28)2/h3-6,9-10,15-16H,7-8,11-14,17-20H2,1-2H3/p+2. The molecule has 2 aromatic rings. The molecule has 2 aromatic heterocycles. The molecule has 0 atom stereocenters. The highest BCUT2D eigenvalue weighted by Crippen LogP contribution is 1.98. The number of carbonyl (C=O) groups is 2. The molecule has 0 saturated heterocycles. The molecular formula is C24H36N4O2S+2. The number of hydrogen-bond acceptors (Lipinski definition) is 3. The van der Waals surface area contributed by atoms with E-state index in [4.69, 9.17) is 0 Å². The number of aryl methyl sites for hydroxylation is 4. The quantitative estimate of drug-likeness (QED) is 0.346. The van der Waals surface area contributed by atoms with Crippen molar-refractivity contribution in [3.63, 3.8) is 0 Å². The predicted octanol–water partition coefficient (Wildman–Crippen LogP) is 2.10. The molecule has 0 spiro atoms. The van der Waals surface area contributed by atoms with E-state index in [1.54, 1.807) is 11.8 Å². The van der Waals surface area contributed by atoms with Crippen molar-refractivity contribution in [1.29, 1.82) is 0 Å². The van der Waals surface area contributed by atoms with Gasteiger partial charge < -0.3 is 10.6 Å². The first kappa shape index (κ1) is 24.9. The fourth-order valence-corrected chi connectivity index (χ4v) is 3.95. The lowest BCUT2D eigenvalue weighted by Gasteiger charge is -2.06. The number of aromatic nitrogens is 2. The number of pyridine rings is 2. The first-order valence-electron chi connectivity index (χ1n) is 11.1. The number of amides is 2. The molecule has 0 radical (unpaired) electrons. The summed E-state index contributed by atoms with van der Waals surface area (Å²) in [5, 5.41) is 5.95. The van der Waals surface area contributed by atoms with Crippen LogP contribution in [0.25, 0.3) is 0 Å². The van der Waals surface area contributed by atoms with Crippen LogP contribution in [0.5, 0.6) is 0 Å². The van der Waals surface area contributed by atoms with E-state index < -0.39 is 0 Å². The highest BCUT2D eigenvalue weighted by molar-refractivity contribution is 7.99. The van der Waals surface area contributed by atoms with E-state index in [2.05, 4.69) is 45.7 Å². The Labute approximate surface area is 190 Å². The van der Waals surface area contributed by atoms with Gasteiger partial charge in [-0.3, -0.25) is 9.59 Å². The second-order valence-corrected chi connectivity index (χ2v) is 8.81. The molecule has 0 aliphatic rings. The molecule has 0 bridgehead atoms. The third-order valence-corrected chi connectivity index (χ3v) is 6.06. The lowest BCUT2D eigenvalue weighted by Crippen LogP contribution is -2.37. The first-order chi connectivity index (χ1) is 15.1. The van der Waals surface area contributed by atoms with Gasteiger partial charge in [0.15, 0.2) is 23.8 Å². The maximum absolute atomic E-state index is 11.9. The van der Waals surface area contributed by atoms with Gasteiger partial charge in [-0.2, -0.15) is 11.8 Å². The summed E-state index contributed by atoms with van der Waals surface area (Å²) in [6.07, 6.45) is 6.86. The Kier molecular flexibility index (Phi) is 11.7. The summed E-state index contributed by atoms with van der Waals surface area (Å²) in [7, 11) is 0. The summed E-state index contributed by atoms with van der Waals surface area (Å²) < 4.78 is 4.33. The number of carbonyl (C=O) groups excluding carboxylic acids is 2. The summed E-state index contributed by atoms with van der Waals surface area (Å²) in [5.74, 6) is 1.93. The Morgan fingerprint density at radius 1 is 0.774 bits per heavy atom. The van der Waals surface area contributed by atoms with Crippen molar-refractivity contribution in [2.75, 3.05) is 24.6 Å². The molecule has 0 aromatic carbocycles. The van der Waals surface area contributed by atoms with Crippen LogP contribution in [-0.2, 0) is 22.7 Å². The van der Waals surface area contributed by atoms with E-state index in [9.17, 15) is 9.59 Å².